The average molecular weight is 426 g/mol. The van der Waals surface area contributed by atoms with Gasteiger partial charge < -0.3 is 4.74 Å². The van der Waals surface area contributed by atoms with Crippen molar-refractivity contribution in [1.82, 2.24) is 0 Å². The number of allylic oxidation sites excluding steroid dienone is 1. The van der Waals surface area contributed by atoms with Crippen LogP contribution in [0.25, 0.3) is 6.08 Å². The van der Waals surface area contributed by atoms with Crippen molar-refractivity contribution in [3.8, 4) is 5.75 Å². The maximum Gasteiger partial charge on any atom is 0.343 e. The van der Waals surface area contributed by atoms with Gasteiger partial charge in [-0.3, -0.25) is 14.9 Å². The summed E-state index contributed by atoms with van der Waals surface area (Å²) in [5, 5.41) is 10.8. The van der Waals surface area contributed by atoms with Gasteiger partial charge in [-0.2, -0.15) is 0 Å². The largest absolute Gasteiger partial charge is 0.423 e. The molecule has 0 saturated heterocycles. The summed E-state index contributed by atoms with van der Waals surface area (Å²) < 4.78 is 18.9. The van der Waals surface area contributed by atoms with E-state index in [1.807, 2.05) is 0 Å². The minimum Gasteiger partial charge on any atom is -0.423 e. The smallest absolute Gasteiger partial charge is 0.343 e. The van der Waals surface area contributed by atoms with Crippen LogP contribution in [0, 0.1) is 15.9 Å². The van der Waals surface area contributed by atoms with Crippen LogP contribution in [0.15, 0.2) is 72.8 Å². The molecule has 6 nitrogen and oxygen atoms in total. The third kappa shape index (κ3) is 4.95. The Morgan fingerprint density at radius 2 is 1.60 bits per heavy atom. The lowest BCUT2D eigenvalue weighted by Crippen LogP contribution is -2.08. The maximum absolute atomic E-state index is 13.8. The van der Waals surface area contributed by atoms with Gasteiger partial charge in [0.15, 0.2) is 5.78 Å². The summed E-state index contributed by atoms with van der Waals surface area (Å²) in [4.78, 5) is 34.5. The van der Waals surface area contributed by atoms with E-state index in [-0.39, 0.29) is 33.4 Å². The van der Waals surface area contributed by atoms with Crippen molar-refractivity contribution < 1.29 is 23.6 Å². The molecule has 0 radical (unpaired) electrons. The third-order valence-electron chi connectivity index (χ3n) is 4.06. The summed E-state index contributed by atoms with van der Waals surface area (Å²) in [6.45, 7) is 0. The Balaban J connectivity index is 1.67. The first-order valence-corrected chi connectivity index (χ1v) is 8.96. The summed E-state index contributed by atoms with van der Waals surface area (Å²) in [5.41, 5.74) is 0.416. The van der Waals surface area contributed by atoms with Crippen LogP contribution >= 0.6 is 11.6 Å². The molecule has 0 fully saturated rings. The SMILES string of the molecule is O=C(/C=C/c1c(F)cccc1Cl)c1ccc(OC(=O)c2ccc([N+](=O)[O-])cc2)cc1. The number of halogens is 2. The van der Waals surface area contributed by atoms with Gasteiger partial charge in [0, 0.05) is 23.3 Å². The molecule has 0 saturated carbocycles. The highest BCUT2D eigenvalue weighted by Gasteiger charge is 2.12. The van der Waals surface area contributed by atoms with E-state index in [4.69, 9.17) is 16.3 Å². The Hall–Kier alpha value is -3.84. The fourth-order valence-electron chi connectivity index (χ4n) is 2.50. The zero-order valence-electron chi connectivity index (χ0n) is 15.2. The number of hydrogen-bond acceptors (Lipinski definition) is 5. The second kappa shape index (κ2) is 9.11. The van der Waals surface area contributed by atoms with Gasteiger partial charge in [-0.05, 0) is 60.7 Å². The van der Waals surface area contributed by atoms with E-state index in [1.165, 1.54) is 78.9 Å². The fourth-order valence-corrected chi connectivity index (χ4v) is 2.72. The molecule has 0 unspecified atom stereocenters. The summed E-state index contributed by atoms with van der Waals surface area (Å²) in [5.74, 6) is -1.43. The number of nitro groups is 1. The minimum atomic E-state index is -0.696. The number of non-ortho nitro benzene ring substituents is 1. The average Bonchev–Trinajstić information content (AvgIpc) is 2.73. The number of carbonyl (C=O) groups excluding carboxylic acids is 2. The van der Waals surface area contributed by atoms with E-state index in [0.717, 1.165) is 0 Å². The van der Waals surface area contributed by atoms with E-state index in [9.17, 15) is 24.1 Å². The highest BCUT2D eigenvalue weighted by Crippen LogP contribution is 2.21. The lowest BCUT2D eigenvalue weighted by molar-refractivity contribution is -0.384. The summed E-state index contributed by atoms with van der Waals surface area (Å²) in [6, 6.07) is 15.0. The first-order valence-electron chi connectivity index (χ1n) is 8.58. The maximum atomic E-state index is 13.8. The highest BCUT2D eigenvalue weighted by atomic mass is 35.5. The number of ether oxygens (including phenoxy) is 1. The molecule has 0 aliphatic heterocycles. The zero-order chi connectivity index (χ0) is 21.7. The van der Waals surface area contributed by atoms with Crippen LogP contribution in [0.2, 0.25) is 5.02 Å². The van der Waals surface area contributed by atoms with Gasteiger partial charge in [-0.1, -0.05) is 17.7 Å². The van der Waals surface area contributed by atoms with E-state index >= 15 is 0 Å². The molecule has 0 spiro atoms. The van der Waals surface area contributed by atoms with E-state index in [0.29, 0.717) is 5.56 Å². The monoisotopic (exact) mass is 425 g/mol. The van der Waals surface area contributed by atoms with Crippen LogP contribution in [0.3, 0.4) is 0 Å². The molecule has 3 rings (SSSR count). The molecule has 0 bridgehead atoms. The van der Waals surface area contributed by atoms with Gasteiger partial charge in [0.2, 0.25) is 0 Å². The number of rotatable bonds is 6. The molecule has 3 aromatic rings. The zero-order valence-corrected chi connectivity index (χ0v) is 16.0. The Morgan fingerprint density at radius 1 is 0.967 bits per heavy atom. The Labute approximate surface area is 175 Å². The van der Waals surface area contributed by atoms with Gasteiger partial charge in [0.25, 0.3) is 5.69 Å². The van der Waals surface area contributed by atoms with Crippen LogP contribution in [-0.4, -0.2) is 16.7 Å². The number of carbonyl (C=O) groups is 2. The third-order valence-corrected chi connectivity index (χ3v) is 4.39. The predicted molar refractivity (Wildman–Crippen MR) is 109 cm³/mol. The van der Waals surface area contributed by atoms with Crippen LogP contribution < -0.4 is 4.74 Å². The number of hydrogen-bond donors (Lipinski definition) is 0. The Kier molecular flexibility index (Phi) is 6.34. The molecular formula is C22H13ClFNO5. The van der Waals surface area contributed by atoms with Crippen LogP contribution in [0.5, 0.6) is 5.75 Å². The molecule has 30 heavy (non-hydrogen) atoms. The number of ketones is 1. The lowest BCUT2D eigenvalue weighted by atomic mass is 10.1. The van der Waals surface area contributed by atoms with Crippen LogP contribution in [0.1, 0.15) is 26.3 Å². The van der Waals surface area contributed by atoms with Crippen molar-refractivity contribution in [2.24, 2.45) is 0 Å². The first kappa shape index (κ1) is 20.9. The molecular weight excluding hydrogens is 413 g/mol. The molecule has 0 N–H and O–H groups in total. The van der Waals surface area contributed by atoms with Crippen molar-refractivity contribution in [3.05, 3.63) is 110 Å². The topological polar surface area (TPSA) is 86.5 Å². The predicted octanol–water partition coefficient (Wildman–Crippen LogP) is 5.50. The quantitative estimate of drug-likeness (QED) is 0.130. The normalized spacial score (nSPS) is 10.7. The van der Waals surface area contributed by atoms with Crippen LogP contribution in [0.4, 0.5) is 10.1 Å². The van der Waals surface area contributed by atoms with E-state index in [1.54, 1.807) is 0 Å². The second-order valence-corrected chi connectivity index (χ2v) is 6.46. The molecule has 0 aromatic heterocycles. The fraction of sp³-hybridized carbons (Fsp3) is 0. The van der Waals surface area contributed by atoms with Crippen molar-refractivity contribution in [3.63, 3.8) is 0 Å². The van der Waals surface area contributed by atoms with Crippen LogP contribution in [-0.2, 0) is 0 Å². The lowest BCUT2D eigenvalue weighted by Gasteiger charge is -2.05. The van der Waals surface area contributed by atoms with Crippen molar-refractivity contribution in [2.45, 2.75) is 0 Å². The number of nitro benzene ring substituents is 1. The van der Waals surface area contributed by atoms with Crippen molar-refractivity contribution >= 4 is 35.1 Å². The molecule has 0 aliphatic rings. The van der Waals surface area contributed by atoms with Gasteiger partial charge >= 0.3 is 5.97 Å². The number of esters is 1. The molecule has 0 amide bonds. The molecule has 0 atom stereocenters. The number of benzene rings is 3. The molecule has 3 aromatic carbocycles. The van der Waals surface area contributed by atoms with Gasteiger partial charge in [-0.25, -0.2) is 9.18 Å². The second-order valence-electron chi connectivity index (χ2n) is 6.05. The van der Waals surface area contributed by atoms with Gasteiger partial charge in [0.1, 0.15) is 11.6 Å². The van der Waals surface area contributed by atoms with Gasteiger partial charge in [-0.15, -0.1) is 0 Å². The summed E-state index contributed by atoms with van der Waals surface area (Å²) >= 11 is 5.92. The van der Waals surface area contributed by atoms with Gasteiger partial charge in [0.05, 0.1) is 15.5 Å². The molecule has 0 aliphatic carbocycles. The number of nitrogens with zero attached hydrogens (tertiary/aromatic N) is 1. The Morgan fingerprint density at radius 3 is 2.20 bits per heavy atom. The van der Waals surface area contributed by atoms with E-state index < -0.39 is 16.7 Å². The first-order chi connectivity index (χ1) is 14.3. The molecule has 8 heteroatoms. The van der Waals surface area contributed by atoms with Crippen molar-refractivity contribution in [2.75, 3.05) is 0 Å². The molecule has 150 valence electrons. The van der Waals surface area contributed by atoms with Crippen molar-refractivity contribution in [1.29, 1.82) is 0 Å². The highest BCUT2D eigenvalue weighted by molar-refractivity contribution is 6.32. The Bertz CT molecular complexity index is 1120. The summed E-state index contributed by atoms with van der Waals surface area (Å²) in [7, 11) is 0. The standard InChI is InChI=1S/C22H13ClFNO5/c23-19-2-1-3-20(24)18(19)12-13-21(26)14-6-10-17(11-7-14)30-22(27)15-4-8-16(9-5-15)25(28)29/h1-13H/b13-12+. The van der Waals surface area contributed by atoms with E-state index in [2.05, 4.69) is 0 Å². The minimum absolute atomic E-state index is 0.112. The summed E-state index contributed by atoms with van der Waals surface area (Å²) in [6.07, 6.45) is 2.49. The molecule has 0 heterocycles.